The van der Waals surface area contributed by atoms with Crippen molar-refractivity contribution < 1.29 is 14.3 Å². The second-order valence-electron chi connectivity index (χ2n) is 4.87. The van der Waals surface area contributed by atoms with E-state index < -0.39 is 0 Å². The topological polar surface area (TPSA) is 35.5 Å². The predicted molar refractivity (Wildman–Crippen MR) is 72.4 cm³/mol. The summed E-state index contributed by atoms with van der Waals surface area (Å²) in [5.74, 6) is 2.27. The minimum absolute atomic E-state index is 0.212. The van der Waals surface area contributed by atoms with Crippen molar-refractivity contribution in [2.45, 2.75) is 33.1 Å². The fourth-order valence-electron chi connectivity index (χ4n) is 2.13. The van der Waals surface area contributed by atoms with Gasteiger partial charge in [-0.15, -0.1) is 0 Å². The minimum atomic E-state index is 0.212. The Labute approximate surface area is 109 Å². The van der Waals surface area contributed by atoms with Crippen molar-refractivity contribution in [1.82, 2.24) is 0 Å². The lowest BCUT2D eigenvalue weighted by atomic mass is 9.84. The molecule has 0 saturated carbocycles. The third kappa shape index (κ3) is 3.49. The summed E-state index contributed by atoms with van der Waals surface area (Å²) in [6.07, 6.45) is 0.563. The number of hydrogen-bond acceptors (Lipinski definition) is 3. The molecule has 1 rings (SSSR count). The quantitative estimate of drug-likeness (QED) is 0.776. The minimum Gasteiger partial charge on any atom is -0.493 e. The van der Waals surface area contributed by atoms with E-state index in [4.69, 9.17) is 9.47 Å². The Balaban J connectivity index is 3.09. The lowest BCUT2D eigenvalue weighted by Gasteiger charge is -2.21. The molecule has 1 atom stereocenters. The summed E-state index contributed by atoms with van der Waals surface area (Å²) in [6.45, 7) is 5.89. The van der Waals surface area contributed by atoms with Gasteiger partial charge in [-0.2, -0.15) is 0 Å². The highest BCUT2D eigenvalue weighted by Gasteiger charge is 2.19. The molecule has 0 N–H and O–H groups in total. The van der Waals surface area contributed by atoms with Crippen LogP contribution in [0.25, 0.3) is 0 Å². The highest BCUT2D eigenvalue weighted by Crippen LogP contribution is 2.34. The van der Waals surface area contributed by atoms with Crippen LogP contribution in [0.2, 0.25) is 0 Å². The van der Waals surface area contributed by atoms with Gasteiger partial charge in [-0.05, 0) is 36.5 Å². The van der Waals surface area contributed by atoms with Crippen LogP contribution >= 0.6 is 0 Å². The number of carbonyl (C=O) groups excluding carboxylic acids is 1. The summed E-state index contributed by atoms with van der Waals surface area (Å²) in [5, 5.41) is 0. The zero-order valence-electron chi connectivity index (χ0n) is 11.8. The summed E-state index contributed by atoms with van der Waals surface area (Å²) in [6, 6.07) is 5.87. The zero-order chi connectivity index (χ0) is 13.7. The number of hydrogen-bond donors (Lipinski definition) is 0. The van der Waals surface area contributed by atoms with Gasteiger partial charge in [0.05, 0.1) is 14.2 Å². The second kappa shape index (κ2) is 6.43. The van der Waals surface area contributed by atoms with Gasteiger partial charge in [-0.1, -0.05) is 19.9 Å². The van der Waals surface area contributed by atoms with E-state index in [2.05, 4.69) is 13.8 Å². The van der Waals surface area contributed by atoms with Gasteiger partial charge in [-0.3, -0.25) is 0 Å². The molecule has 0 heterocycles. The van der Waals surface area contributed by atoms with Gasteiger partial charge >= 0.3 is 0 Å². The van der Waals surface area contributed by atoms with E-state index in [1.165, 1.54) is 0 Å². The Bertz CT molecular complexity index is 410. The summed E-state index contributed by atoms with van der Waals surface area (Å²) >= 11 is 0. The van der Waals surface area contributed by atoms with Gasteiger partial charge in [-0.25, -0.2) is 0 Å². The maximum atomic E-state index is 11.4. The molecule has 0 fully saturated rings. The Kier molecular flexibility index (Phi) is 5.20. The van der Waals surface area contributed by atoms with Crippen LogP contribution in [0.3, 0.4) is 0 Å². The number of ether oxygens (including phenoxy) is 2. The van der Waals surface area contributed by atoms with Crippen molar-refractivity contribution in [2.75, 3.05) is 14.2 Å². The van der Waals surface area contributed by atoms with Crippen LogP contribution in [0.1, 0.15) is 38.7 Å². The molecular weight excluding hydrogens is 228 g/mol. The zero-order valence-corrected chi connectivity index (χ0v) is 11.8. The maximum Gasteiger partial charge on any atom is 0.160 e. The first kappa shape index (κ1) is 14.6. The van der Waals surface area contributed by atoms with Gasteiger partial charge in [0.2, 0.25) is 0 Å². The number of methoxy groups -OCH3 is 2. The molecule has 0 radical (unpaired) electrons. The fourth-order valence-corrected chi connectivity index (χ4v) is 2.13. The average Bonchev–Trinajstić information content (AvgIpc) is 2.34. The fraction of sp³-hybridized carbons (Fsp3) is 0.533. The van der Waals surface area contributed by atoms with Crippen LogP contribution in [0.4, 0.5) is 0 Å². The molecule has 0 aliphatic carbocycles. The summed E-state index contributed by atoms with van der Waals surface area (Å²) in [7, 11) is 3.24. The molecular formula is C15H22O3. The number of ketones is 1. The first-order chi connectivity index (χ1) is 8.49. The number of carbonyl (C=O) groups is 1. The van der Waals surface area contributed by atoms with Crippen LogP contribution in [-0.4, -0.2) is 20.0 Å². The highest BCUT2D eigenvalue weighted by atomic mass is 16.5. The van der Waals surface area contributed by atoms with Crippen molar-refractivity contribution in [2.24, 2.45) is 5.92 Å². The van der Waals surface area contributed by atoms with E-state index >= 15 is 0 Å². The van der Waals surface area contributed by atoms with Crippen molar-refractivity contribution >= 4 is 5.78 Å². The van der Waals surface area contributed by atoms with Gasteiger partial charge in [0.15, 0.2) is 11.5 Å². The van der Waals surface area contributed by atoms with Crippen molar-refractivity contribution in [3.8, 4) is 11.5 Å². The molecule has 0 amide bonds. The SMILES string of the molecule is COc1ccc(C(CC(C)=O)C(C)C)cc1OC. The van der Waals surface area contributed by atoms with E-state index in [9.17, 15) is 4.79 Å². The molecule has 3 nitrogen and oxygen atoms in total. The van der Waals surface area contributed by atoms with Crippen LogP contribution in [0, 0.1) is 5.92 Å². The van der Waals surface area contributed by atoms with E-state index in [1.54, 1.807) is 21.1 Å². The van der Waals surface area contributed by atoms with Crippen LogP contribution in [0.5, 0.6) is 11.5 Å². The number of benzene rings is 1. The summed E-state index contributed by atoms with van der Waals surface area (Å²) in [4.78, 5) is 11.4. The molecule has 18 heavy (non-hydrogen) atoms. The first-order valence-electron chi connectivity index (χ1n) is 6.21. The normalized spacial score (nSPS) is 12.3. The van der Waals surface area contributed by atoms with E-state index in [1.807, 2.05) is 18.2 Å². The molecule has 100 valence electrons. The van der Waals surface area contributed by atoms with Crippen LogP contribution < -0.4 is 9.47 Å². The molecule has 0 saturated heterocycles. The Morgan fingerprint density at radius 2 is 1.78 bits per heavy atom. The molecule has 3 heteroatoms. The largest absolute Gasteiger partial charge is 0.493 e. The molecule has 1 aromatic carbocycles. The predicted octanol–water partition coefficient (Wildman–Crippen LogP) is 3.42. The van der Waals surface area contributed by atoms with Crippen molar-refractivity contribution in [1.29, 1.82) is 0 Å². The molecule has 0 aliphatic rings. The first-order valence-corrected chi connectivity index (χ1v) is 6.21. The molecule has 0 aromatic heterocycles. The van der Waals surface area contributed by atoms with Crippen LogP contribution in [-0.2, 0) is 4.79 Å². The lowest BCUT2D eigenvalue weighted by molar-refractivity contribution is -0.117. The summed E-state index contributed by atoms with van der Waals surface area (Å²) in [5.41, 5.74) is 1.12. The lowest BCUT2D eigenvalue weighted by Crippen LogP contribution is -2.11. The van der Waals surface area contributed by atoms with Gasteiger partial charge in [0, 0.05) is 6.42 Å². The standard InChI is InChI=1S/C15H22O3/c1-10(2)13(8-11(3)16)12-6-7-14(17-4)15(9-12)18-5/h6-7,9-10,13H,8H2,1-5H3. The number of rotatable bonds is 6. The van der Waals surface area contributed by atoms with E-state index in [-0.39, 0.29) is 11.7 Å². The van der Waals surface area contributed by atoms with E-state index in [0.717, 1.165) is 5.56 Å². The van der Waals surface area contributed by atoms with Crippen molar-refractivity contribution in [3.05, 3.63) is 23.8 Å². The van der Waals surface area contributed by atoms with Gasteiger partial charge < -0.3 is 14.3 Å². The monoisotopic (exact) mass is 250 g/mol. The smallest absolute Gasteiger partial charge is 0.160 e. The Morgan fingerprint density at radius 1 is 1.17 bits per heavy atom. The Morgan fingerprint density at radius 3 is 2.22 bits per heavy atom. The molecule has 1 unspecified atom stereocenters. The third-order valence-electron chi connectivity index (χ3n) is 3.15. The molecule has 0 spiro atoms. The molecule has 0 bridgehead atoms. The van der Waals surface area contributed by atoms with E-state index in [0.29, 0.717) is 23.8 Å². The molecule has 1 aromatic rings. The highest BCUT2D eigenvalue weighted by molar-refractivity contribution is 5.76. The Hall–Kier alpha value is -1.51. The average molecular weight is 250 g/mol. The maximum absolute atomic E-state index is 11.4. The number of Topliss-reactive ketones (excluding diaryl/α,β-unsaturated/α-hetero) is 1. The van der Waals surface area contributed by atoms with Gasteiger partial charge in [0.1, 0.15) is 5.78 Å². The second-order valence-corrected chi connectivity index (χ2v) is 4.87. The summed E-state index contributed by atoms with van der Waals surface area (Å²) < 4.78 is 10.5. The van der Waals surface area contributed by atoms with Crippen LogP contribution in [0.15, 0.2) is 18.2 Å². The third-order valence-corrected chi connectivity index (χ3v) is 3.15. The molecule has 0 aliphatic heterocycles. The van der Waals surface area contributed by atoms with Crippen molar-refractivity contribution in [3.63, 3.8) is 0 Å². The van der Waals surface area contributed by atoms with Gasteiger partial charge in [0.25, 0.3) is 0 Å².